The third-order valence-electron chi connectivity index (χ3n) is 6.33. The average molecular weight is 408 g/mol. The molecule has 0 bridgehead atoms. The number of fused-ring (bicyclic) bond motifs is 1. The van der Waals surface area contributed by atoms with Crippen molar-refractivity contribution >= 4 is 17.4 Å². The third kappa shape index (κ3) is 4.77. The van der Waals surface area contributed by atoms with Crippen LogP contribution in [0.1, 0.15) is 22.7 Å². The van der Waals surface area contributed by atoms with E-state index in [1.54, 1.807) is 0 Å². The second-order valence-corrected chi connectivity index (χ2v) is 8.62. The highest BCUT2D eigenvalue weighted by atomic mass is 16.2. The van der Waals surface area contributed by atoms with Crippen LogP contribution in [0.25, 0.3) is 0 Å². The molecule has 1 atom stereocenters. The van der Waals surface area contributed by atoms with Crippen LogP contribution in [0.3, 0.4) is 0 Å². The highest BCUT2D eigenvalue weighted by Crippen LogP contribution is 2.31. The van der Waals surface area contributed by atoms with Crippen LogP contribution in [0.15, 0.2) is 42.5 Å². The molecule has 30 heavy (non-hydrogen) atoms. The van der Waals surface area contributed by atoms with E-state index in [9.17, 15) is 4.79 Å². The van der Waals surface area contributed by atoms with Crippen LogP contribution < -0.4 is 15.5 Å². The molecule has 2 heterocycles. The first-order valence-electron chi connectivity index (χ1n) is 10.9. The van der Waals surface area contributed by atoms with Crippen LogP contribution in [-0.2, 0) is 6.42 Å². The van der Waals surface area contributed by atoms with Gasteiger partial charge in [-0.05, 0) is 55.3 Å². The van der Waals surface area contributed by atoms with Crippen LogP contribution >= 0.6 is 0 Å². The molecule has 1 saturated heterocycles. The normalized spacial score (nSPS) is 18.2. The minimum atomic E-state index is -0.152. The van der Waals surface area contributed by atoms with E-state index in [1.165, 1.54) is 16.8 Å². The summed E-state index contributed by atoms with van der Waals surface area (Å²) >= 11 is 0. The summed E-state index contributed by atoms with van der Waals surface area (Å²) in [4.78, 5) is 19.8. The smallest absolute Gasteiger partial charge is 0.319 e. The van der Waals surface area contributed by atoms with E-state index in [2.05, 4.69) is 57.6 Å². The number of urea groups is 1. The highest BCUT2D eigenvalue weighted by Gasteiger charge is 2.26. The van der Waals surface area contributed by atoms with Gasteiger partial charge in [-0.15, -0.1) is 0 Å². The maximum atomic E-state index is 12.6. The van der Waals surface area contributed by atoms with E-state index in [0.717, 1.165) is 50.4 Å². The lowest BCUT2D eigenvalue weighted by Gasteiger charge is -2.38. The van der Waals surface area contributed by atoms with Crippen molar-refractivity contribution < 1.29 is 4.79 Å². The first-order chi connectivity index (χ1) is 14.5. The number of carbonyl (C=O) groups excluding carboxylic acids is 1. The van der Waals surface area contributed by atoms with Gasteiger partial charge in [-0.25, -0.2) is 4.79 Å². The van der Waals surface area contributed by atoms with E-state index >= 15 is 0 Å². The lowest BCUT2D eigenvalue weighted by Crippen LogP contribution is -2.48. The molecule has 0 spiro atoms. The fourth-order valence-electron chi connectivity index (χ4n) is 4.47. The van der Waals surface area contributed by atoms with Crippen molar-refractivity contribution in [3.8, 4) is 0 Å². The molecule has 2 aromatic carbocycles. The van der Waals surface area contributed by atoms with Crippen molar-refractivity contribution in [2.75, 3.05) is 63.6 Å². The average Bonchev–Trinajstić information content (AvgIpc) is 3.10. The predicted molar refractivity (Wildman–Crippen MR) is 123 cm³/mol. The second kappa shape index (κ2) is 9.06. The monoisotopic (exact) mass is 407 g/mol. The van der Waals surface area contributed by atoms with Crippen LogP contribution in [0.2, 0.25) is 0 Å². The Morgan fingerprint density at radius 2 is 1.83 bits per heavy atom. The Morgan fingerprint density at radius 3 is 2.60 bits per heavy atom. The molecule has 2 aliphatic rings. The van der Waals surface area contributed by atoms with E-state index in [4.69, 9.17) is 0 Å². The summed E-state index contributed by atoms with van der Waals surface area (Å²) in [5.74, 6) is 0. The number of carbonyl (C=O) groups is 1. The van der Waals surface area contributed by atoms with E-state index in [0.29, 0.717) is 6.54 Å². The molecule has 1 fully saturated rings. The minimum absolute atomic E-state index is 0.152. The van der Waals surface area contributed by atoms with Gasteiger partial charge < -0.3 is 20.4 Å². The Labute approximate surface area is 179 Å². The van der Waals surface area contributed by atoms with Gasteiger partial charge in [0, 0.05) is 57.7 Å². The maximum Gasteiger partial charge on any atom is 0.319 e. The Balaban J connectivity index is 1.47. The van der Waals surface area contributed by atoms with Gasteiger partial charge in [0.05, 0.1) is 6.04 Å². The predicted octanol–water partition coefficient (Wildman–Crippen LogP) is 3.10. The largest absolute Gasteiger partial charge is 0.374 e. The number of hydrogen-bond donors (Lipinski definition) is 2. The minimum Gasteiger partial charge on any atom is -0.374 e. The number of nitrogens with one attached hydrogen (secondary N) is 2. The number of nitrogens with zero attached hydrogens (tertiary/aromatic N) is 3. The zero-order chi connectivity index (χ0) is 21.1. The molecular weight excluding hydrogens is 374 g/mol. The zero-order valence-electron chi connectivity index (χ0n) is 18.3. The van der Waals surface area contributed by atoms with Crippen LogP contribution in [0.5, 0.6) is 0 Å². The number of rotatable bonds is 5. The fourth-order valence-corrected chi connectivity index (χ4v) is 4.47. The molecule has 6 nitrogen and oxygen atoms in total. The molecule has 6 heteroatoms. The van der Waals surface area contributed by atoms with Crippen molar-refractivity contribution in [3.05, 3.63) is 59.2 Å². The van der Waals surface area contributed by atoms with Gasteiger partial charge in [-0.3, -0.25) is 4.90 Å². The summed E-state index contributed by atoms with van der Waals surface area (Å²) in [7, 11) is 4.33. The van der Waals surface area contributed by atoms with Gasteiger partial charge in [0.1, 0.15) is 0 Å². The molecule has 0 radical (unpaired) electrons. The first kappa shape index (κ1) is 20.7. The lowest BCUT2D eigenvalue weighted by atomic mass is 10.00. The van der Waals surface area contributed by atoms with E-state index < -0.39 is 0 Å². The first-order valence-corrected chi connectivity index (χ1v) is 10.9. The van der Waals surface area contributed by atoms with Crippen molar-refractivity contribution in [2.45, 2.75) is 19.4 Å². The summed E-state index contributed by atoms with van der Waals surface area (Å²) in [5.41, 5.74) is 6.00. The van der Waals surface area contributed by atoms with Gasteiger partial charge in [0.15, 0.2) is 0 Å². The summed E-state index contributed by atoms with van der Waals surface area (Å²) in [5, 5.41) is 6.08. The molecule has 0 aliphatic carbocycles. The molecule has 160 valence electrons. The zero-order valence-corrected chi connectivity index (χ0v) is 18.3. The summed E-state index contributed by atoms with van der Waals surface area (Å²) in [6.45, 7) is 7.83. The number of benzene rings is 2. The Morgan fingerprint density at radius 1 is 1.03 bits per heavy atom. The van der Waals surface area contributed by atoms with Gasteiger partial charge in [-0.1, -0.05) is 24.3 Å². The van der Waals surface area contributed by atoms with Crippen molar-refractivity contribution in [1.82, 2.24) is 15.1 Å². The lowest BCUT2D eigenvalue weighted by molar-refractivity contribution is 0.111. The maximum absolute atomic E-state index is 12.6. The van der Waals surface area contributed by atoms with Gasteiger partial charge in [0.2, 0.25) is 0 Å². The number of amides is 2. The number of piperazine rings is 1. The number of anilines is 2. The Hall–Kier alpha value is -2.57. The van der Waals surface area contributed by atoms with Crippen LogP contribution in [0, 0.1) is 6.92 Å². The van der Waals surface area contributed by atoms with E-state index in [-0.39, 0.29) is 12.1 Å². The second-order valence-electron chi connectivity index (χ2n) is 8.62. The van der Waals surface area contributed by atoms with Crippen LogP contribution in [-0.4, -0.2) is 69.2 Å². The Bertz CT molecular complexity index is 891. The number of hydrogen-bond acceptors (Lipinski definition) is 4. The van der Waals surface area contributed by atoms with Gasteiger partial charge in [-0.2, -0.15) is 0 Å². The summed E-state index contributed by atoms with van der Waals surface area (Å²) in [6, 6.07) is 14.7. The summed E-state index contributed by atoms with van der Waals surface area (Å²) in [6.07, 6.45) is 1.09. The highest BCUT2D eigenvalue weighted by molar-refractivity contribution is 5.89. The molecule has 0 saturated carbocycles. The molecule has 2 N–H and O–H groups in total. The molecule has 4 rings (SSSR count). The number of aryl methyl sites for hydroxylation is 1. The molecule has 0 aromatic heterocycles. The van der Waals surface area contributed by atoms with Crippen molar-refractivity contribution in [1.29, 1.82) is 0 Å². The standard InChI is InChI=1S/C24H33N5O/c1-18-5-4-6-21(15-18)26-24(30)25-17-23(29-13-11-27(2)12-14-29)19-7-8-22-20(16-19)9-10-28(22)3/h4-8,15-16,23H,9-14,17H2,1-3H3,(H2,25,26,30)/t23-/m1/s1. The molecular formula is C24H33N5O. The number of likely N-dealkylation sites (N-methyl/N-ethyl adjacent to an activating group) is 2. The van der Waals surface area contributed by atoms with Crippen LogP contribution in [0.4, 0.5) is 16.2 Å². The SMILES string of the molecule is Cc1cccc(NC(=O)NC[C@H](c2ccc3c(c2)CCN3C)N2CCN(C)CC2)c1. The quantitative estimate of drug-likeness (QED) is 0.800. The van der Waals surface area contributed by atoms with E-state index in [1.807, 2.05) is 31.2 Å². The molecule has 2 aromatic rings. The fraction of sp³-hybridized carbons (Fsp3) is 0.458. The third-order valence-corrected chi connectivity index (χ3v) is 6.33. The molecule has 2 aliphatic heterocycles. The molecule has 0 unspecified atom stereocenters. The van der Waals surface area contributed by atoms with Crippen molar-refractivity contribution in [3.63, 3.8) is 0 Å². The molecule has 2 amide bonds. The topological polar surface area (TPSA) is 50.9 Å². The van der Waals surface area contributed by atoms with Crippen molar-refractivity contribution in [2.24, 2.45) is 0 Å². The van der Waals surface area contributed by atoms with Gasteiger partial charge in [0.25, 0.3) is 0 Å². The Kier molecular flexibility index (Phi) is 6.25. The summed E-state index contributed by atoms with van der Waals surface area (Å²) < 4.78 is 0. The van der Waals surface area contributed by atoms with Gasteiger partial charge >= 0.3 is 6.03 Å².